The zero-order chi connectivity index (χ0) is 10.1. The quantitative estimate of drug-likeness (QED) is 0.734. The summed E-state index contributed by atoms with van der Waals surface area (Å²) >= 11 is 0. The van der Waals surface area contributed by atoms with Crippen molar-refractivity contribution in [2.75, 3.05) is 0 Å². The van der Waals surface area contributed by atoms with Crippen molar-refractivity contribution in [3.05, 3.63) is 29.8 Å². The molecule has 0 radical (unpaired) electrons. The number of rotatable bonds is 2. The van der Waals surface area contributed by atoms with Crippen LogP contribution in [0.3, 0.4) is 0 Å². The highest BCUT2D eigenvalue weighted by atomic mass is 28.3. The lowest BCUT2D eigenvalue weighted by Gasteiger charge is -2.13. The Morgan fingerprint density at radius 1 is 1.31 bits per heavy atom. The molecule has 70 valence electrons. The van der Waals surface area contributed by atoms with E-state index in [2.05, 4.69) is 0 Å². The largest absolute Gasteiger partial charge is 0.508 e. The van der Waals surface area contributed by atoms with E-state index in [0.717, 1.165) is 0 Å². The highest BCUT2D eigenvalue weighted by molar-refractivity contribution is 7.05. The number of phenols is 1. The first kappa shape index (κ1) is 9.99. The molecule has 0 saturated heterocycles. The molecule has 1 N–H and O–H groups in total. The van der Waals surface area contributed by atoms with Crippen LogP contribution in [-0.2, 0) is 0 Å². The summed E-state index contributed by atoms with van der Waals surface area (Å²) in [6.07, 6.45) is 0. The molecule has 0 bridgehead atoms. The van der Waals surface area contributed by atoms with Crippen LogP contribution in [0.15, 0.2) is 24.3 Å². The summed E-state index contributed by atoms with van der Waals surface area (Å²) in [5.41, 5.74) is 0.624. The van der Waals surface area contributed by atoms with E-state index >= 15 is 0 Å². The van der Waals surface area contributed by atoms with Gasteiger partial charge in [-0.15, -0.1) is 0 Å². The molecule has 0 aromatic heterocycles. The standard InChI is InChI=1S/C10H14O2Si/c1-13(2,3)10(12)8-5-4-6-9(11)7-8/h4-7,11H,1-3H3. The van der Waals surface area contributed by atoms with E-state index in [0.29, 0.717) is 5.56 Å². The molecule has 0 aliphatic heterocycles. The Bertz CT molecular complexity index is 326. The maximum Gasteiger partial charge on any atom is 0.139 e. The molecule has 0 spiro atoms. The minimum absolute atomic E-state index is 0.157. The van der Waals surface area contributed by atoms with E-state index in [-0.39, 0.29) is 11.2 Å². The lowest BCUT2D eigenvalue weighted by Crippen LogP contribution is -2.33. The van der Waals surface area contributed by atoms with Crippen LogP contribution in [0.2, 0.25) is 19.6 Å². The number of phenolic OH excluding ortho intramolecular Hbond substituents is 1. The number of carbonyl (C=O) groups excluding carboxylic acids is 1. The molecule has 1 rings (SSSR count). The van der Waals surface area contributed by atoms with Gasteiger partial charge in [0.25, 0.3) is 0 Å². The van der Waals surface area contributed by atoms with Crippen LogP contribution in [0.1, 0.15) is 10.4 Å². The van der Waals surface area contributed by atoms with Gasteiger partial charge in [-0.3, -0.25) is 0 Å². The Balaban J connectivity index is 3.03. The molecule has 1 aromatic carbocycles. The number of hydrogen-bond acceptors (Lipinski definition) is 2. The normalized spacial score (nSPS) is 11.3. The van der Waals surface area contributed by atoms with Crippen molar-refractivity contribution in [3.63, 3.8) is 0 Å². The van der Waals surface area contributed by atoms with Crippen molar-refractivity contribution in [2.45, 2.75) is 19.6 Å². The smallest absolute Gasteiger partial charge is 0.139 e. The summed E-state index contributed by atoms with van der Waals surface area (Å²) in [5, 5.41) is 9.37. The van der Waals surface area contributed by atoms with Crippen LogP contribution in [0, 0.1) is 0 Å². The maximum absolute atomic E-state index is 11.8. The molecular formula is C10H14O2Si. The minimum Gasteiger partial charge on any atom is -0.508 e. The predicted molar refractivity (Wildman–Crippen MR) is 55.8 cm³/mol. The summed E-state index contributed by atoms with van der Waals surface area (Å²) < 4.78 is 0. The van der Waals surface area contributed by atoms with Crippen molar-refractivity contribution in [3.8, 4) is 5.75 Å². The Kier molecular flexibility index (Phi) is 2.57. The van der Waals surface area contributed by atoms with Crippen LogP contribution in [-0.4, -0.2) is 18.6 Å². The fourth-order valence-corrected chi connectivity index (χ4v) is 2.10. The molecule has 1 aromatic rings. The van der Waals surface area contributed by atoms with Crippen LogP contribution in [0.5, 0.6) is 5.75 Å². The molecule has 0 saturated carbocycles. The highest BCUT2D eigenvalue weighted by Gasteiger charge is 2.25. The van der Waals surface area contributed by atoms with Gasteiger partial charge in [0, 0.05) is 5.56 Å². The molecular weight excluding hydrogens is 180 g/mol. The summed E-state index contributed by atoms with van der Waals surface area (Å²) in [4.78, 5) is 11.8. The van der Waals surface area contributed by atoms with E-state index in [1.807, 2.05) is 19.6 Å². The van der Waals surface area contributed by atoms with E-state index in [4.69, 9.17) is 0 Å². The van der Waals surface area contributed by atoms with Gasteiger partial charge in [-0.1, -0.05) is 31.8 Å². The molecule has 3 heteroatoms. The van der Waals surface area contributed by atoms with Crippen LogP contribution >= 0.6 is 0 Å². The summed E-state index contributed by atoms with van der Waals surface area (Å²) in [6, 6.07) is 6.55. The van der Waals surface area contributed by atoms with Gasteiger partial charge < -0.3 is 9.90 Å². The van der Waals surface area contributed by atoms with Crippen LogP contribution < -0.4 is 0 Å². The van der Waals surface area contributed by atoms with Crippen LogP contribution in [0.25, 0.3) is 0 Å². The van der Waals surface area contributed by atoms with Crippen molar-refractivity contribution in [2.24, 2.45) is 0 Å². The second-order valence-electron chi connectivity index (χ2n) is 4.13. The topological polar surface area (TPSA) is 37.3 Å². The summed E-state index contributed by atoms with van der Waals surface area (Å²) in [6.45, 7) is 6.00. The molecule has 2 nitrogen and oxygen atoms in total. The average molecular weight is 194 g/mol. The first-order valence-corrected chi connectivity index (χ1v) is 7.75. The van der Waals surface area contributed by atoms with E-state index in [1.54, 1.807) is 18.2 Å². The second-order valence-corrected chi connectivity index (χ2v) is 9.08. The van der Waals surface area contributed by atoms with Gasteiger partial charge in [0.15, 0.2) is 0 Å². The third kappa shape index (κ3) is 2.42. The monoisotopic (exact) mass is 194 g/mol. The van der Waals surface area contributed by atoms with Gasteiger partial charge in [0.2, 0.25) is 0 Å². The van der Waals surface area contributed by atoms with Crippen molar-refractivity contribution in [1.29, 1.82) is 0 Å². The lowest BCUT2D eigenvalue weighted by atomic mass is 10.2. The van der Waals surface area contributed by atoms with E-state index in [1.165, 1.54) is 6.07 Å². The van der Waals surface area contributed by atoms with Gasteiger partial charge in [-0.25, -0.2) is 0 Å². The van der Waals surface area contributed by atoms with Crippen molar-refractivity contribution < 1.29 is 9.90 Å². The van der Waals surface area contributed by atoms with Gasteiger partial charge in [0.05, 0.1) is 0 Å². The molecule has 0 atom stereocenters. The third-order valence-corrected chi connectivity index (χ3v) is 3.44. The molecule has 13 heavy (non-hydrogen) atoms. The third-order valence-electron chi connectivity index (χ3n) is 1.79. The van der Waals surface area contributed by atoms with Crippen molar-refractivity contribution in [1.82, 2.24) is 0 Å². The highest BCUT2D eigenvalue weighted by Crippen LogP contribution is 2.16. The number of benzene rings is 1. The van der Waals surface area contributed by atoms with Gasteiger partial charge in [-0.05, 0) is 12.1 Å². The van der Waals surface area contributed by atoms with Gasteiger partial charge in [-0.2, -0.15) is 0 Å². The summed E-state index contributed by atoms with van der Waals surface area (Å²) in [5.74, 6) is 0.157. The SMILES string of the molecule is C[Si](C)(C)C(=O)c1cccc(O)c1. The number of carbonyl (C=O) groups is 1. The van der Waals surface area contributed by atoms with Gasteiger partial charge in [0.1, 0.15) is 19.2 Å². The van der Waals surface area contributed by atoms with Crippen LogP contribution in [0.4, 0.5) is 0 Å². The first-order chi connectivity index (χ1) is 5.91. The van der Waals surface area contributed by atoms with Crippen molar-refractivity contribution >= 4 is 13.5 Å². The Hall–Kier alpha value is -1.09. The Labute approximate surface area is 79.2 Å². The van der Waals surface area contributed by atoms with Gasteiger partial charge >= 0.3 is 0 Å². The zero-order valence-electron chi connectivity index (χ0n) is 8.16. The Morgan fingerprint density at radius 3 is 2.38 bits per heavy atom. The number of hydrogen-bond donors (Lipinski definition) is 1. The average Bonchev–Trinajstić information content (AvgIpc) is 2.01. The second kappa shape index (κ2) is 3.34. The lowest BCUT2D eigenvalue weighted by molar-refractivity contribution is 0.106. The molecule has 0 heterocycles. The number of aromatic hydroxyl groups is 1. The molecule has 0 amide bonds. The molecule has 0 unspecified atom stereocenters. The maximum atomic E-state index is 11.8. The minimum atomic E-state index is -1.77. The van der Waals surface area contributed by atoms with E-state index < -0.39 is 8.07 Å². The molecule has 0 aliphatic carbocycles. The predicted octanol–water partition coefficient (Wildman–Crippen LogP) is 2.45. The van der Waals surface area contributed by atoms with E-state index in [9.17, 15) is 9.90 Å². The zero-order valence-corrected chi connectivity index (χ0v) is 9.16. The first-order valence-electron chi connectivity index (χ1n) is 4.25. The fraction of sp³-hybridized carbons (Fsp3) is 0.300. The fourth-order valence-electron chi connectivity index (χ4n) is 1.08. The molecule has 0 fully saturated rings. The Morgan fingerprint density at radius 2 is 1.92 bits per heavy atom. The molecule has 0 aliphatic rings. The summed E-state index contributed by atoms with van der Waals surface area (Å²) in [7, 11) is -1.77.